The Morgan fingerprint density at radius 3 is 2.84 bits per heavy atom. The molecular weight excluding hydrogens is 264 g/mol. The van der Waals surface area contributed by atoms with Crippen LogP contribution in [0.3, 0.4) is 0 Å². The first-order chi connectivity index (χ1) is 9.17. The second-order valence-electron chi connectivity index (χ2n) is 4.23. The highest BCUT2D eigenvalue weighted by molar-refractivity contribution is 6.20. The van der Waals surface area contributed by atoms with Crippen LogP contribution in [0.4, 0.5) is 0 Å². The van der Waals surface area contributed by atoms with E-state index in [1.165, 1.54) is 0 Å². The maximum absolute atomic E-state index is 11.3. The van der Waals surface area contributed by atoms with E-state index in [4.69, 9.17) is 21.1 Å². The van der Waals surface area contributed by atoms with Crippen molar-refractivity contribution in [3.63, 3.8) is 0 Å². The lowest BCUT2D eigenvalue weighted by molar-refractivity contribution is -0.143. The molecule has 0 saturated heterocycles. The van der Waals surface area contributed by atoms with Crippen molar-refractivity contribution in [2.24, 2.45) is 0 Å². The maximum Gasteiger partial charge on any atom is 0.305 e. The van der Waals surface area contributed by atoms with Gasteiger partial charge < -0.3 is 9.47 Å². The standard InChI is InChI=1S/C15H21ClO3/c1-3-10-19-13-7-5-6-12(11-13)14(16)8-9-15(17)18-4-2/h5-7,11,14H,3-4,8-10H2,1-2H3. The molecule has 1 unspecified atom stereocenters. The number of benzene rings is 1. The molecule has 0 saturated carbocycles. The minimum Gasteiger partial charge on any atom is -0.494 e. The Kier molecular flexibility index (Phi) is 7.34. The number of esters is 1. The summed E-state index contributed by atoms with van der Waals surface area (Å²) >= 11 is 6.29. The highest BCUT2D eigenvalue weighted by Gasteiger charge is 2.12. The molecular formula is C15H21ClO3. The Labute approximate surface area is 119 Å². The first-order valence-corrected chi connectivity index (χ1v) is 7.13. The fraction of sp³-hybridized carbons (Fsp3) is 0.533. The van der Waals surface area contributed by atoms with Gasteiger partial charge in [-0.1, -0.05) is 19.1 Å². The molecule has 0 heterocycles. The minimum atomic E-state index is -0.202. The molecule has 19 heavy (non-hydrogen) atoms. The van der Waals surface area contributed by atoms with E-state index in [0.717, 1.165) is 17.7 Å². The zero-order valence-electron chi connectivity index (χ0n) is 11.5. The van der Waals surface area contributed by atoms with Gasteiger partial charge in [-0.25, -0.2) is 0 Å². The molecule has 0 fully saturated rings. The van der Waals surface area contributed by atoms with E-state index in [0.29, 0.717) is 26.1 Å². The van der Waals surface area contributed by atoms with Crippen molar-refractivity contribution in [3.8, 4) is 5.75 Å². The second-order valence-corrected chi connectivity index (χ2v) is 4.76. The number of carbonyl (C=O) groups is 1. The van der Waals surface area contributed by atoms with E-state index in [2.05, 4.69) is 6.92 Å². The molecule has 106 valence electrons. The van der Waals surface area contributed by atoms with E-state index in [-0.39, 0.29) is 11.3 Å². The van der Waals surface area contributed by atoms with Gasteiger partial charge in [0.05, 0.1) is 18.6 Å². The molecule has 1 aromatic rings. The van der Waals surface area contributed by atoms with Gasteiger partial charge in [-0.3, -0.25) is 4.79 Å². The summed E-state index contributed by atoms with van der Waals surface area (Å²) in [5, 5.41) is -0.199. The Morgan fingerprint density at radius 1 is 1.37 bits per heavy atom. The first-order valence-electron chi connectivity index (χ1n) is 6.69. The summed E-state index contributed by atoms with van der Waals surface area (Å²) in [5.74, 6) is 0.618. The van der Waals surface area contributed by atoms with Crippen molar-refractivity contribution >= 4 is 17.6 Å². The van der Waals surface area contributed by atoms with E-state index in [1.807, 2.05) is 24.3 Å². The molecule has 1 atom stereocenters. The van der Waals surface area contributed by atoms with Gasteiger partial charge in [0.2, 0.25) is 0 Å². The number of alkyl halides is 1. The van der Waals surface area contributed by atoms with E-state index in [1.54, 1.807) is 6.92 Å². The summed E-state index contributed by atoms with van der Waals surface area (Å²) in [6.45, 7) is 4.96. The van der Waals surface area contributed by atoms with Crippen LogP contribution in [-0.2, 0) is 9.53 Å². The highest BCUT2D eigenvalue weighted by atomic mass is 35.5. The van der Waals surface area contributed by atoms with Gasteiger partial charge in [-0.15, -0.1) is 11.6 Å². The van der Waals surface area contributed by atoms with Crippen molar-refractivity contribution in [3.05, 3.63) is 29.8 Å². The number of hydrogen-bond donors (Lipinski definition) is 0. The third-order valence-electron chi connectivity index (χ3n) is 2.60. The number of carbonyl (C=O) groups excluding carboxylic acids is 1. The molecule has 0 bridgehead atoms. The topological polar surface area (TPSA) is 35.5 Å². The normalized spacial score (nSPS) is 11.9. The highest BCUT2D eigenvalue weighted by Crippen LogP contribution is 2.28. The van der Waals surface area contributed by atoms with Crippen LogP contribution in [0.15, 0.2) is 24.3 Å². The smallest absolute Gasteiger partial charge is 0.305 e. The van der Waals surface area contributed by atoms with Crippen molar-refractivity contribution in [2.45, 2.75) is 38.5 Å². The average Bonchev–Trinajstić information content (AvgIpc) is 2.43. The lowest BCUT2D eigenvalue weighted by atomic mass is 10.1. The summed E-state index contributed by atoms with van der Waals surface area (Å²) in [6.07, 6.45) is 1.87. The molecule has 1 aromatic carbocycles. The van der Waals surface area contributed by atoms with Crippen LogP contribution in [-0.4, -0.2) is 19.2 Å². The summed E-state index contributed by atoms with van der Waals surface area (Å²) in [6, 6.07) is 7.70. The monoisotopic (exact) mass is 284 g/mol. The summed E-state index contributed by atoms with van der Waals surface area (Å²) < 4.78 is 10.4. The molecule has 0 amide bonds. The lowest BCUT2D eigenvalue weighted by Gasteiger charge is -2.11. The number of ether oxygens (including phenoxy) is 2. The molecule has 3 nitrogen and oxygen atoms in total. The van der Waals surface area contributed by atoms with E-state index in [9.17, 15) is 4.79 Å². The molecule has 4 heteroatoms. The first kappa shape index (κ1) is 15.8. The van der Waals surface area contributed by atoms with Gasteiger partial charge in [0.1, 0.15) is 5.75 Å². The molecule has 0 aliphatic rings. The molecule has 0 N–H and O–H groups in total. The predicted molar refractivity (Wildman–Crippen MR) is 76.7 cm³/mol. The molecule has 0 spiro atoms. The van der Waals surface area contributed by atoms with Crippen molar-refractivity contribution in [2.75, 3.05) is 13.2 Å². The van der Waals surface area contributed by atoms with Crippen molar-refractivity contribution in [1.29, 1.82) is 0 Å². The summed E-state index contributed by atoms with van der Waals surface area (Å²) in [7, 11) is 0. The Morgan fingerprint density at radius 2 is 2.16 bits per heavy atom. The second kappa shape index (κ2) is 8.81. The molecule has 1 rings (SSSR count). The average molecular weight is 285 g/mol. The zero-order chi connectivity index (χ0) is 14.1. The van der Waals surface area contributed by atoms with Gasteiger partial charge in [-0.05, 0) is 37.5 Å². The fourth-order valence-corrected chi connectivity index (χ4v) is 1.91. The quantitative estimate of drug-likeness (QED) is 0.532. The minimum absolute atomic E-state index is 0.199. The van der Waals surface area contributed by atoms with Crippen molar-refractivity contribution in [1.82, 2.24) is 0 Å². The Balaban J connectivity index is 2.51. The fourth-order valence-electron chi connectivity index (χ4n) is 1.66. The number of rotatable bonds is 8. The van der Waals surface area contributed by atoms with Crippen LogP contribution in [0.5, 0.6) is 5.75 Å². The summed E-state index contributed by atoms with van der Waals surface area (Å²) in [4.78, 5) is 11.3. The molecule has 0 aromatic heterocycles. The molecule has 0 aliphatic carbocycles. The van der Waals surface area contributed by atoms with Gasteiger partial charge >= 0.3 is 5.97 Å². The third-order valence-corrected chi connectivity index (χ3v) is 3.07. The predicted octanol–water partition coefficient (Wildman–Crippen LogP) is 4.10. The van der Waals surface area contributed by atoms with Crippen LogP contribution in [0.1, 0.15) is 44.1 Å². The largest absolute Gasteiger partial charge is 0.494 e. The number of halogens is 1. The van der Waals surface area contributed by atoms with Crippen molar-refractivity contribution < 1.29 is 14.3 Å². The lowest BCUT2D eigenvalue weighted by Crippen LogP contribution is -2.05. The van der Waals surface area contributed by atoms with Crippen LogP contribution in [0.2, 0.25) is 0 Å². The Bertz CT molecular complexity index is 393. The van der Waals surface area contributed by atoms with E-state index >= 15 is 0 Å². The van der Waals surface area contributed by atoms with E-state index < -0.39 is 0 Å². The zero-order valence-corrected chi connectivity index (χ0v) is 12.3. The number of hydrogen-bond acceptors (Lipinski definition) is 3. The van der Waals surface area contributed by atoms with Crippen LogP contribution in [0.25, 0.3) is 0 Å². The van der Waals surface area contributed by atoms with Gasteiger partial charge in [0, 0.05) is 6.42 Å². The molecule has 0 aliphatic heterocycles. The van der Waals surface area contributed by atoms with Gasteiger partial charge in [0.15, 0.2) is 0 Å². The maximum atomic E-state index is 11.3. The Hall–Kier alpha value is -1.22. The van der Waals surface area contributed by atoms with Gasteiger partial charge in [-0.2, -0.15) is 0 Å². The van der Waals surface area contributed by atoms with Crippen LogP contribution in [0, 0.1) is 0 Å². The third kappa shape index (κ3) is 5.97. The van der Waals surface area contributed by atoms with Crippen LogP contribution >= 0.6 is 11.6 Å². The SMILES string of the molecule is CCCOc1cccc(C(Cl)CCC(=O)OCC)c1. The molecule has 0 radical (unpaired) electrons. The summed E-state index contributed by atoms with van der Waals surface area (Å²) in [5.41, 5.74) is 0.972. The van der Waals surface area contributed by atoms with Gasteiger partial charge in [0.25, 0.3) is 0 Å². The van der Waals surface area contributed by atoms with Crippen LogP contribution < -0.4 is 4.74 Å².